The third-order valence-electron chi connectivity index (χ3n) is 6.36. The molecule has 2 aromatic carbocycles. The van der Waals surface area contributed by atoms with Crippen molar-refractivity contribution in [1.82, 2.24) is 9.80 Å². The summed E-state index contributed by atoms with van der Waals surface area (Å²) >= 11 is 6.78. The Morgan fingerprint density at radius 2 is 1.79 bits per heavy atom. The highest BCUT2D eigenvalue weighted by molar-refractivity contribution is 8.26. The number of likely N-dealkylation sites (tertiary alicyclic amines) is 1. The van der Waals surface area contributed by atoms with Gasteiger partial charge in [-0.05, 0) is 55.7 Å². The van der Waals surface area contributed by atoms with Gasteiger partial charge in [0.1, 0.15) is 4.32 Å². The van der Waals surface area contributed by atoms with Gasteiger partial charge in [0, 0.05) is 26.1 Å². The molecule has 0 saturated carbocycles. The summed E-state index contributed by atoms with van der Waals surface area (Å²) in [6.45, 7) is 4.19. The number of rotatable bonds is 7. The number of carbonyl (C=O) groups is 2. The van der Waals surface area contributed by atoms with E-state index in [1.807, 2.05) is 48.2 Å². The molecule has 33 heavy (non-hydrogen) atoms. The molecule has 0 bridgehead atoms. The van der Waals surface area contributed by atoms with Crippen LogP contribution in [0, 0.1) is 12.8 Å². The summed E-state index contributed by atoms with van der Waals surface area (Å²) in [4.78, 5) is 29.8. The van der Waals surface area contributed by atoms with Gasteiger partial charge < -0.3 is 4.90 Å². The molecule has 6 heteroatoms. The van der Waals surface area contributed by atoms with Crippen LogP contribution in [0.5, 0.6) is 0 Å². The standard InChI is InChI=1S/C27H30N2O2S2/c1-20-9-11-22(12-10-20)19-24-26(31)29(27(32)33-24)15-5-8-25(30)28-16-13-23(14-17-28)18-21-6-3-2-4-7-21/h2-4,6-7,9-12,19,23H,5,8,13-18H2,1H3/b24-19-. The topological polar surface area (TPSA) is 40.6 Å². The first-order valence-electron chi connectivity index (χ1n) is 11.6. The van der Waals surface area contributed by atoms with E-state index in [4.69, 9.17) is 12.2 Å². The second kappa shape index (κ2) is 11.1. The number of carbonyl (C=O) groups excluding carboxylic acids is 2. The molecule has 0 N–H and O–H groups in total. The Balaban J connectivity index is 1.21. The molecular weight excluding hydrogens is 448 g/mol. The van der Waals surface area contributed by atoms with Gasteiger partial charge in [0.25, 0.3) is 5.91 Å². The van der Waals surface area contributed by atoms with Crippen molar-refractivity contribution in [3.63, 3.8) is 0 Å². The van der Waals surface area contributed by atoms with Gasteiger partial charge in [0.2, 0.25) is 5.91 Å². The van der Waals surface area contributed by atoms with E-state index in [2.05, 4.69) is 24.3 Å². The molecule has 0 unspecified atom stereocenters. The van der Waals surface area contributed by atoms with E-state index in [1.165, 1.54) is 22.9 Å². The Labute approximate surface area is 206 Å². The van der Waals surface area contributed by atoms with Gasteiger partial charge in [-0.25, -0.2) is 0 Å². The molecule has 0 radical (unpaired) electrons. The molecule has 2 amide bonds. The number of hydrogen-bond donors (Lipinski definition) is 0. The molecule has 0 aliphatic carbocycles. The molecule has 4 nitrogen and oxygen atoms in total. The fourth-order valence-corrected chi connectivity index (χ4v) is 5.70. The molecule has 2 heterocycles. The Kier molecular flexibility index (Phi) is 7.99. The largest absolute Gasteiger partial charge is 0.343 e. The minimum atomic E-state index is -0.0558. The van der Waals surface area contributed by atoms with Crippen LogP contribution in [0.4, 0.5) is 0 Å². The monoisotopic (exact) mass is 478 g/mol. The molecule has 2 aromatic rings. The highest BCUT2D eigenvalue weighted by Gasteiger charge is 2.32. The lowest BCUT2D eigenvalue weighted by Crippen LogP contribution is -2.39. The van der Waals surface area contributed by atoms with Crippen molar-refractivity contribution in [3.05, 3.63) is 76.2 Å². The molecular formula is C27H30N2O2S2. The molecule has 4 rings (SSSR count). The summed E-state index contributed by atoms with van der Waals surface area (Å²) in [6, 6.07) is 18.7. The summed E-state index contributed by atoms with van der Waals surface area (Å²) in [5, 5.41) is 0. The van der Waals surface area contributed by atoms with Crippen LogP contribution in [0.15, 0.2) is 59.5 Å². The van der Waals surface area contributed by atoms with Crippen LogP contribution in [-0.4, -0.2) is 45.6 Å². The molecule has 2 aliphatic rings. The van der Waals surface area contributed by atoms with Crippen molar-refractivity contribution in [2.24, 2.45) is 5.92 Å². The maximum Gasteiger partial charge on any atom is 0.266 e. The first-order valence-corrected chi connectivity index (χ1v) is 12.9. The van der Waals surface area contributed by atoms with E-state index >= 15 is 0 Å². The third-order valence-corrected chi connectivity index (χ3v) is 7.73. The number of hydrogen-bond acceptors (Lipinski definition) is 4. The Bertz CT molecular complexity index is 1030. The highest BCUT2D eigenvalue weighted by atomic mass is 32.2. The van der Waals surface area contributed by atoms with Crippen molar-refractivity contribution in [2.45, 2.75) is 39.0 Å². The zero-order valence-corrected chi connectivity index (χ0v) is 20.7. The van der Waals surface area contributed by atoms with E-state index in [1.54, 1.807) is 4.90 Å². The van der Waals surface area contributed by atoms with Crippen molar-refractivity contribution < 1.29 is 9.59 Å². The summed E-state index contributed by atoms with van der Waals surface area (Å²) in [5.74, 6) is 0.778. The van der Waals surface area contributed by atoms with Crippen molar-refractivity contribution in [3.8, 4) is 0 Å². The second-order valence-corrected chi connectivity index (χ2v) is 10.5. The van der Waals surface area contributed by atoms with Crippen LogP contribution in [0.25, 0.3) is 6.08 Å². The number of aryl methyl sites for hydroxylation is 1. The van der Waals surface area contributed by atoms with Gasteiger partial charge in [-0.2, -0.15) is 0 Å². The van der Waals surface area contributed by atoms with Gasteiger partial charge >= 0.3 is 0 Å². The average Bonchev–Trinajstić information content (AvgIpc) is 3.09. The number of benzene rings is 2. The summed E-state index contributed by atoms with van der Waals surface area (Å²) < 4.78 is 0.576. The minimum Gasteiger partial charge on any atom is -0.343 e. The Morgan fingerprint density at radius 1 is 1.09 bits per heavy atom. The predicted octanol–water partition coefficient (Wildman–Crippen LogP) is 5.46. The predicted molar refractivity (Wildman–Crippen MR) is 140 cm³/mol. The number of thioether (sulfide) groups is 1. The van der Waals surface area contributed by atoms with Gasteiger partial charge in [0.05, 0.1) is 4.91 Å². The minimum absolute atomic E-state index is 0.0558. The van der Waals surface area contributed by atoms with Gasteiger partial charge in [-0.3, -0.25) is 14.5 Å². The number of nitrogens with zero attached hydrogens (tertiary/aromatic N) is 2. The first kappa shape index (κ1) is 23.7. The fraction of sp³-hybridized carbons (Fsp3) is 0.370. The number of thiocarbonyl (C=S) groups is 1. The van der Waals surface area contributed by atoms with Crippen LogP contribution in [0.2, 0.25) is 0 Å². The van der Waals surface area contributed by atoms with Crippen LogP contribution >= 0.6 is 24.0 Å². The average molecular weight is 479 g/mol. The van der Waals surface area contributed by atoms with E-state index in [9.17, 15) is 9.59 Å². The molecule has 0 atom stereocenters. The lowest BCUT2D eigenvalue weighted by atomic mass is 9.90. The maximum absolute atomic E-state index is 12.8. The first-order chi connectivity index (χ1) is 16.0. The Hall–Kier alpha value is -2.44. The lowest BCUT2D eigenvalue weighted by molar-refractivity contribution is -0.133. The smallest absolute Gasteiger partial charge is 0.266 e. The summed E-state index contributed by atoms with van der Waals surface area (Å²) in [5.41, 5.74) is 3.55. The van der Waals surface area contributed by atoms with Crippen LogP contribution < -0.4 is 0 Å². The second-order valence-electron chi connectivity index (χ2n) is 8.86. The van der Waals surface area contributed by atoms with Gasteiger partial charge in [-0.15, -0.1) is 0 Å². The normalized spacial score (nSPS) is 18.4. The molecule has 2 saturated heterocycles. The summed E-state index contributed by atoms with van der Waals surface area (Å²) in [7, 11) is 0. The van der Waals surface area contributed by atoms with Crippen molar-refractivity contribution in [1.29, 1.82) is 0 Å². The van der Waals surface area contributed by atoms with Crippen molar-refractivity contribution >= 4 is 46.2 Å². The fourth-order valence-electron chi connectivity index (χ4n) is 4.39. The van der Waals surface area contributed by atoms with Crippen LogP contribution in [-0.2, 0) is 16.0 Å². The lowest BCUT2D eigenvalue weighted by Gasteiger charge is -2.32. The Morgan fingerprint density at radius 3 is 2.48 bits per heavy atom. The molecule has 2 fully saturated rings. The maximum atomic E-state index is 12.8. The number of amides is 2. The van der Waals surface area contributed by atoms with E-state index in [0.29, 0.717) is 34.5 Å². The molecule has 0 aromatic heterocycles. The van der Waals surface area contributed by atoms with Gasteiger partial charge in [-0.1, -0.05) is 84.1 Å². The van der Waals surface area contributed by atoms with E-state index in [0.717, 1.165) is 37.9 Å². The molecule has 2 aliphatic heterocycles. The van der Waals surface area contributed by atoms with E-state index < -0.39 is 0 Å². The molecule has 172 valence electrons. The van der Waals surface area contributed by atoms with Crippen LogP contribution in [0.3, 0.4) is 0 Å². The van der Waals surface area contributed by atoms with E-state index in [-0.39, 0.29) is 11.8 Å². The van der Waals surface area contributed by atoms with Crippen molar-refractivity contribution in [2.75, 3.05) is 19.6 Å². The number of piperidine rings is 1. The summed E-state index contributed by atoms with van der Waals surface area (Å²) in [6.07, 6.45) is 6.18. The third kappa shape index (κ3) is 6.33. The van der Waals surface area contributed by atoms with Gasteiger partial charge in [0.15, 0.2) is 0 Å². The van der Waals surface area contributed by atoms with Crippen LogP contribution in [0.1, 0.15) is 42.4 Å². The SMILES string of the molecule is Cc1ccc(/C=C2\SC(=S)N(CCCC(=O)N3CCC(Cc4ccccc4)CC3)C2=O)cc1. The zero-order valence-electron chi connectivity index (χ0n) is 19.0. The molecule has 0 spiro atoms. The zero-order chi connectivity index (χ0) is 23.2. The quantitative estimate of drug-likeness (QED) is 0.392. The highest BCUT2D eigenvalue weighted by Crippen LogP contribution is 2.33.